The zero-order chi connectivity index (χ0) is 9.10. The highest BCUT2D eigenvalue weighted by Gasteiger charge is 2.20. The maximum Gasteiger partial charge on any atom is 0.185 e. The van der Waals surface area contributed by atoms with E-state index >= 15 is 0 Å². The molecule has 3 nitrogen and oxygen atoms in total. The van der Waals surface area contributed by atoms with Crippen LogP contribution in [0.25, 0.3) is 0 Å². The van der Waals surface area contributed by atoms with Gasteiger partial charge in [0.1, 0.15) is 6.10 Å². The molecule has 0 bridgehead atoms. The summed E-state index contributed by atoms with van der Waals surface area (Å²) in [6.45, 7) is 4.08. The van der Waals surface area contributed by atoms with E-state index in [0.717, 1.165) is 25.4 Å². The highest BCUT2D eigenvalue weighted by Crippen LogP contribution is 2.14. The molecule has 1 saturated heterocycles. The number of rotatable bonds is 2. The van der Waals surface area contributed by atoms with Gasteiger partial charge in [-0.15, -0.1) is 0 Å². The molecule has 2 rings (SSSR count). The normalized spacial score (nSPS) is 34.1. The Morgan fingerprint density at radius 2 is 2.46 bits per heavy atom. The van der Waals surface area contributed by atoms with Crippen LogP contribution >= 0.6 is 0 Å². The van der Waals surface area contributed by atoms with E-state index in [4.69, 9.17) is 4.74 Å². The van der Waals surface area contributed by atoms with Gasteiger partial charge in [-0.2, -0.15) is 0 Å². The molecule has 0 saturated carbocycles. The first-order valence-corrected chi connectivity index (χ1v) is 5.28. The van der Waals surface area contributed by atoms with Gasteiger partial charge in [0, 0.05) is 12.5 Å². The SMILES string of the molecule is CC1CN=C(CC2CCCCN2)O1. The van der Waals surface area contributed by atoms with Crippen molar-refractivity contribution in [2.75, 3.05) is 13.1 Å². The highest BCUT2D eigenvalue weighted by molar-refractivity contribution is 5.78. The number of nitrogens with zero attached hydrogens (tertiary/aromatic N) is 1. The largest absolute Gasteiger partial charge is 0.476 e. The van der Waals surface area contributed by atoms with Gasteiger partial charge in [-0.05, 0) is 26.3 Å². The van der Waals surface area contributed by atoms with Gasteiger partial charge in [-0.25, -0.2) is 0 Å². The Labute approximate surface area is 79.6 Å². The average molecular weight is 182 g/mol. The summed E-state index contributed by atoms with van der Waals surface area (Å²) in [7, 11) is 0. The predicted octanol–water partition coefficient (Wildman–Crippen LogP) is 1.34. The molecule has 2 heterocycles. The van der Waals surface area contributed by atoms with E-state index in [1.807, 2.05) is 0 Å². The van der Waals surface area contributed by atoms with E-state index < -0.39 is 0 Å². The van der Waals surface area contributed by atoms with Crippen LogP contribution in [0.15, 0.2) is 4.99 Å². The lowest BCUT2D eigenvalue weighted by atomic mass is 10.0. The van der Waals surface area contributed by atoms with Crippen LogP contribution in [-0.2, 0) is 4.74 Å². The van der Waals surface area contributed by atoms with Crippen molar-refractivity contribution in [1.29, 1.82) is 0 Å². The summed E-state index contributed by atoms with van der Waals surface area (Å²) in [5.74, 6) is 0.965. The van der Waals surface area contributed by atoms with Crippen molar-refractivity contribution < 1.29 is 4.74 Å². The molecule has 0 radical (unpaired) electrons. The van der Waals surface area contributed by atoms with Crippen LogP contribution in [0, 0.1) is 0 Å². The van der Waals surface area contributed by atoms with Gasteiger partial charge in [-0.3, -0.25) is 4.99 Å². The second-order valence-electron chi connectivity index (χ2n) is 4.01. The van der Waals surface area contributed by atoms with Crippen LogP contribution in [0.1, 0.15) is 32.6 Å². The van der Waals surface area contributed by atoms with Crippen LogP contribution in [0.3, 0.4) is 0 Å². The quantitative estimate of drug-likeness (QED) is 0.699. The van der Waals surface area contributed by atoms with Gasteiger partial charge in [-0.1, -0.05) is 6.42 Å². The Balaban J connectivity index is 1.77. The molecule has 0 aromatic heterocycles. The molecule has 2 aliphatic rings. The smallest absolute Gasteiger partial charge is 0.185 e. The molecule has 0 amide bonds. The second kappa shape index (κ2) is 4.09. The van der Waals surface area contributed by atoms with E-state index in [9.17, 15) is 0 Å². The number of ether oxygens (including phenoxy) is 1. The van der Waals surface area contributed by atoms with E-state index in [1.165, 1.54) is 19.3 Å². The molecular formula is C10H18N2O. The molecule has 0 aromatic carbocycles. The van der Waals surface area contributed by atoms with E-state index in [2.05, 4.69) is 17.2 Å². The van der Waals surface area contributed by atoms with E-state index in [0.29, 0.717) is 12.1 Å². The van der Waals surface area contributed by atoms with E-state index in [-0.39, 0.29) is 0 Å². The van der Waals surface area contributed by atoms with E-state index in [1.54, 1.807) is 0 Å². The third-order valence-electron chi connectivity index (χ3n) is 2.70. The van der Waals surface area contributed by atoms with Crippen molar-refractivity contribution in [3.05, 3.63) is 0 Å². The maximum atomic E-state index is 5.57. The number of piperidine rings is 1. The van der Waals surface area contributed by atoms with Crippen molar-refractivity contribution in [3.63, 3.8) is 0 Å². The monoisotopic (exact) mass is 182 g/mol. The lowest BCUT2D eigenvalue weighted by molar-refractivity contribution is 0.234. The second-order valence-corrected chi connectivity index (χ2v) is 4.01. The number of hydrogen-bond donors (Lipinski definition) is 1. The van der Waals surface area contributed by atoms with Gasteiger partial charge in [0.15, 0.2) is 5.90 Å². The van der Waals surface area contributed by atoms with Crippen LogP contribution in [0.2, 0.25) is 0 Å². The summed E-state index contributed by atoms with van der Waals surface area (Å²) in [6, 6.07) is 0.609. The molecule has 1 fully saturated rings. The zero-order valence-corrected chi connectivity index (χ0v) is 8.25. The van der Waals surface area contributed by atoms with Crippen LogP contribution in [0.5, 0.6) is 0 Å². The molecule has 0 spiro atoms. The van der Waals surface area contributed by atoms with Crippen molar-refractivity contribution in [1.82, 2.24) is 5.32 Å². The summed E-state index contributed by atoms with van der Waals surface area (Å²) in [6.07, 6.45) is 5.24. The van der Waals surface area contributed by atoms with Crippen molar-refractivity contribution in [2.45, 2.75) is 44.8 Å². The first-order chi connectivity index (χ1) is 6.34. The number of hydrogen-bond acceptors (Lipinski definition) is 3. The van der Waals surface area contributed by atoms with Gasteiger partial charge >= 0.3 is 0 Å². The van der Waals surface area contributed by atoms with Gasteiger partial charge in [0.25, 0.3) is 0 Å². The molecule has 2 unspecified atom stereocenters. The first kappa shape index (κ1) is 9.00. The van der Waals surface area contributed by atoms with Gasteiger partial charge in [0.05, 0.1) is 6.54 Å². The molecule has 2 atom stereocenters. The Hall–Kier alpha value is -0.570. The minimum Gasteiger partial charge on any atom is -0.476 e. The fourth-order valence-electron chi connectivity index (χ4n) is 1.96. The molecule has 0 aliphatic carbocycles. The minimum atomic E-state index is 0.304. The van der Waals surface area contributed by atoms with Crippen molar-refractivity contribution >= 4 is 5.90 Å². The fraction of sp³-hybridized carbons (Fsp3) is 0.900. The molecule has 2 aliphatic heterocycles. The third-order valence-corrected chi connectivity index (χ3v) is 2.70. The Morgan fingerprint density at radius 1 is 1.54 bits per heavy atom. The third kappa shape index (κ3) is 2.44. The van der Waals surface area contributed by atoms with Crippen molar-refractivity contribution in [3.8, 4) is 0 Å². The van der Waals surface area contributed by atoms with Crippen LogP contribution in [-0.4, -0.2) is 31.1 Å². The summed E-state index contributed by atoms with van der Waals surface area (Å²) in [4.78, 5) is 4.37. The van der Waals surface area contributed by atoms with Crippen LogP contribution in [0.4, 0.5) is 0 Å². The molecule has 1 N–H and O–H groups in total. The molecule has 3 heteroatoms. The Morgan fingerprint density at radius 3 is 3.08 bits per heavy atom. The number of aliphatic imine (C=N–C) groups is 1. The van der Waals surface area contributed by atoms with Gasteiger partial charge < -0.3 is 10.1 Å². The topological polar surface area (TPSA) is 33.6 Å². The summed E-state index contributed by atoms with van der Waals surface area (Å²) >= 11 is 0. The average Bonchev–Trinajstić information content (AvgIpc) is 2.53. The fourth-order valence-corrected chi connectivity index (χ4v) is 1.96. The van der Waals surface area contributed by atoms with Gasteiger partial charge in [0.2, 0.25) is 0 Å². The Bertz CT molecular complexity index is 197. The zero-order valence-electron chi connectivity index (χ0n) is 8.25. The lowest BCUT2D eigenvalue weighted by Gasteiger charge is -2.23. The van der Waals surface area contributed by atoms with Crippen LogP contribution < -0.4 is 5.32 Å². The molecule has 0 aromatic rings. The molecule has 13 heavy (non-hydrogen) atoms. The summed E-state index contributed by atoms with van der Waals surface area (Å²) in [5.41, 5.74) is 0. The summed E-state index contributed by atoms with van der Waals surface area (Å²) in [5, 5.41) is 3.50. The first-order valence-electron chi connectivity index (χ1n) is 5.28. The standard InChI is InChI=1S/C10H18N2O/c1-8-7-12-10(13-8)6-9-4-2-3-5-11-9/h8-9,11H,2-7H2,1H3. The number of nitrogens with one attached hydrogen (secondary N) is 1. The Kier molecular flexibility index (Phi) is 2.83. The molecule has 74 valence electrons. The highest BCUT2D eigenvalue weighted by atomic mass is 16.5. The molecular weight excluding hydrogens is 164 g/mol. The lowest BCUT2D eigenvalue weighted by Crippen LogP contribution is -2.35. The van der Waals surface area contributed by atoms with Crippen molar-refractivity contribution in [2.24, 2.45) is 4.99 Å². The summed E-state index contributed by atoms with van der Waals surface area (Å²) < 4.78 is 5.57. The maximum absolute atomic E-state index is 5.57. The minimum absolute atomic E-state index is 0.304. The predicted molar refractivity (Wildman–Crippen MR) is 53.1 cm³/mol.